The van der Waals surface area contributed by atoms with Gasteiger partial charge in [0.25, 0.3) is 5.69 Å². The first-order chi connectivity index (χ1) is 7.06. The molecule has 5 nitrogen and oxygen atoms in total. The van der Waals surface area contributed by atoms with E-state index in [1.54, 1.807) is 13.0 Å². The number of aliphatic hydroxyl groups excluding tert-OH is 1. The lowest BCUT2D eigenvalue weighted by atomic mass is 10.2. The molecule has 0 aliphatic carbocycles. The summed E-state index contributed by atoms with van der Waals surface area (Å²) in [5.74, 6) is 0. The summed E-state index contributed by atoms with van der Waals surface area (Å²) in [6.07, 6.45) is 0. The number of hydrogen-bond acceptors (Lipinski definition) is 4. The lowest BCUT2D eigenvalue weighted by Gasteiger charge is -2.08. The Morgan fingerprint density at radius 1 is 1.60 bits per heavy atom. The average molecular weight is 231 g/mol. The van der Waals surface area contributed by atoms with Crippen molar-refractivity contribution in [3.05, 3.63) is 32.8 Å². The summed E-state index contributed by atoms with van der Waals surface area (Å²) in [7, 11) is 0. The molecule has 0 bridgehead atoms. The molecule has 0 saturated carbocycles. The predicted molar refractivity (Wildman–Crippen MR) is 58.4 cm³/mol. The Balaban J connectivity index is 3.02. The quantitative estimate of drug-likeness (QED) is 0.613. The second kappa shape index (κ2) is 4.95. The molecular weight excluding hydrogens is 220 g/mol. The van der Waals surface area contributed by atoms with E-state index in [1.165, 1.54) is 6.07 Å². The summed E-state index contributed by atoms with van der Waals surface area (Å²) in [4.78, 5) is 10.1. The van der Waals surface area contributed by atoms with Crippen molar-refractivity contribution >= 4 is 23.0 Å². The third-order valence-electron chi connectivity index (χ3n) is 1.91. The van der Waals surface area contributed by atoms with Crippen LogP contribution in [0.15, 0.2) is 12.1 Å². The number of nitro groups is 1. The molecule has 6 heteroatoms. The van der Waals surface area contributed by atoms with E-state index in [0.29, 0.717) is 17.8 Å². The second-order valence-electron chi connectivity index (χ2n) is 3.03. The van der Waals surface area contributed by atoms with E-state index < -0.39 is 4.92 Å². The zero-order valence-electron chi connectivity index (χ0n) is 8.16. The Kier molecular flexibility index (Phi) is 3.88. The van der Waals surface area contributed by atoms with Crippen LogP contribution in [0.2, 0.25) is 5.02 Å². The van der Waals surface area contributed by atoms with E-state index in [0.717, 1.165) is 0 Å². The normalized spacial score (nSPS) is 10.1. The highest BCUT2D eigenvalue weighted by Crippen LogP contribution is 2.29. The van der Waals surface area contributed by atoms with Crippen molar-refractivity contribution in [1.82, 2.24) is 0 Å². The Labute approximate surface area is 91.8 Å². The molecule has 0 aliphatic heterocycles. The fourth-order valence-electron chi connectivity index (χ4n) is 1.19. The Hall–Kier alpha value is -1.33. The van der Waals surface area contributed by atoms with Gasteiger partial charge in [0.1, 0.15) is 0 Å². The van der Waals surface area contributed by atoms with Gasteiger partial charge < -0.3 is 10.4 Å². The third-order valence-corrected chi connectivity index (χ3v) is 2.22. The van der Waals surface area contributed by atoms with Crippen LogP contribution in [-0.2, 0) is 0 Å². The summed E-state index contributed by atoms with van der Waals surface area (Å²) in [6.45, 7) is 1.97. The average Bonchev–Trinajstić information content (AvgIpc) is 2.18. The summed E-state index contributed by atoms with van der Waals surface area (Å²) in [6, 6.07) is 2.90. The number of rotatable bonds is 4. The van der Waals surface area contributed by atoms with Crippen molar-refractivity contribution < 1.29 is 10.0 Å². The van der Waals surface area contributed by atoms with E-state index in [2.05, 4.69) is 5.32 Å². The van der Waals surface area contributed by atoms with Gasteiger partial charge in [-0.1, -0.05) is 11.6 Å². The van der Waals surface area contributed by atoms with Crippen LogP contribution in [0, 0.1) is 17.0 Å². The van der Waals surface area contributed by atoms with Gasteiger partial charge in [-0.3, -0.25) is 10.1 Å². The molecular formula is C9H11ClN2O3. The van der Waals surface area contributed by atoms with Gasteiger partial charge in [-0.25, -0.2) is 0 Å². The van der Waals surface area contributed by atoms with Gasteiger partial charge in [-0.2, -0.15) is 0 Å². The summed E-state index contributed by atoms with van der Waals surface area (Å²) < 4.78 is 0. The first kappa shape index (κ1) is 11.7. The highest BCUT2D eigenvalue weighted by molar-refractivity contribution is 6.33. The number of nitrogens with one attached hydrogen (secondary N) is 1. The molecule has 1 aromatic carbocycles. The molecule has 0 amide bonds. The van der Waals surface area contributed by atoms with E-state index in [4.69, 9.17) is 16.7 Å². The van der Waals surface area contributed by atoms with Crippen molar-refractivity contribution in [2.45, 2.75) is 6.92 Å². The first-order valence-corrected chi connectivity index (χ1v) is 4.73. The lowest BCUT2D eigenvalue weighted by Crippen LogP contribution is -2.06. The fourth-order valence-corrected chi connectivity index (χ4v) is 1.42. The Morgan fingerprint density at radius 3 is 2.80 bits per heavy atom. The molecule has 2 N–H and O–H groups in total. The highest BCUT2D eigenvalue weighted by atomic mass is 35.5. The van der Waals surface area contributed by atoms with Crippen molar-refractivity contribution in [3.8, 4) is 0 Å². The molecule has 1 aromatic rings. The molecule has 0 fully saturated rings. The number of aryl methyl sites for hydroxylation is 1. The largest absolute Gasteiger partial charge is 0.395 e. The van der Waals surface area contributed by atoms with E-state index in [-0.39, 0.29) is 17.3 Å². The molecule has 0 radical (unpaired) electrons. The van der Waals surface area contributed by atoms with Gasteiger partial charge in [0.15, 0.2) is 0 Å². The number of benzene rings is 1. The van der Waals surface area contributed by atoms with Gasteiger partial charge in [0, 0.05) is 18.2 Å². The zero-order valence-corrected chi connectivity index (χ0v) is 8.91. The number of nitrogens with zero attached hydrogens (tertiary/aromatic N) is 1. The minimum atomic E-state index is -0.475. The molecule has 0 heterocycles. The topological polar surface area (TPSA) is 75.4 Å². The number of halogens is 1. The SMILES string of the molecule is Cc1cc(NCCO)c(Cl)cc1[N+](=O)[O-]. The maximum absolute atomic E-state index is 10.6. The van der Waals surface area contributed by atoms with Gasteiger partial charge in [-0.05, 0) is 13.0 Å². The molecule has 0 aliphatic rings. The van der Waals surface area contributed by atoms with Crippen molar-refractivity contribution in [2.75, 3.05) is 18.5 Å². The van der Waals surface area contributed by atoms with Crippen LogP contribution in [0.5, 0.6) is 0 Å². The fraction of sp³-hybridized carbons (Fsp3) is 0.333. The minimum Gasteiger partial charge on any atom is -0.395 e. The van der Waals surface area contributed by atoms with Crippen LogP contribution >= 0.6 is 11.6 Å². The summed E-state index contributed by atoms with van der Waals surface area (Å²) in [5.41, 5.74) is 1.12. The maximum Gasteiger partial charge on any atom is 0.273 e. The van der Waals surface area contributed by atoms with Crippen LogP contribution in [0.25, 0.3) is 0 Å². The lowest BCUT2D eigenvalue weighted by molar-refractivity contribution is -0.385. The number of aliphatic hydroxyl groups is 1. The highest BCUT2D eigenvalue weighted by Gasteiger charge is 2.13. The van der Waals surface area contributed by atoms with Crippen LogP contribution in [0.3, 0.4) is 0 Å². The smallest absolute Gasteiger partial charge is 0.273 e. The molecule has 0 saturated heterocycles. The van der Waals surface area contributed by atoms with Gasteiger partial charge in [0.2, 0.25) is 0 Å². The van der Waals surface area contributed by atoms with E-state index in [9.17, 15) is 10.1 Å². The predicted octanol–water partition coefficient (Wildman–Crippen LogP) is 1.96. The molecule has 0 unspecified atom stereocenters. The molecule has 0 atom stereocenters. The molecule has 1 rings (SSSR count). The van der Waals surface area contributed by atoms with Crippen LogP contribution in [0.1, 0.15) is 5.56 Å². The van der Waals surface area contributed by atoms with Crippen LogP contribution in [0.4, 0.5) is 11.4 Å². The van der Waals surface area contributed by atoms with E-state index >= 15 is 0 Å². The third kappa shape index (κ3) is 2.81. The Morgan fingerprint density at radius 2 is 2.27 bits per heavy atom. The van der Waals surface area contributed by atoms with Crippen molar-refractivity contribution in [1.29, 1.82) is 0 Å². The Bertz CT molecular complexity index is 382. The van der Waals surface area contributed by atoms with Crippen LogP contribution in [-0.4, -0.2) is 23.2 Å². The molecule has 15 heavy (non-hydrogen) atoms. The minimum absolute atomic E-state index is 0.00505. The number of nitro benzene ring substituents is 1. The standard InChI is InChI=1S/C9H11ClN2O3/c1-6-4-8(11-2-3-13)7(10)5-9(6)12(14)15/h4-5,11,13H,2-3H2,1H3. The van der Waals surface area contributed by atoms with E-state index in [1.807, 2.05) is 0 Å². The van der Waals surface area contributed by atoms with Crippen LogP contribution < -0.4 is 5.32 Å². The first-order valence-electron chi connectivity index (χ1n) is 4.35. The van der Waals surface area contributed by atoms with Gasteiger partial charge >= 0.3 is 0 Å². The number of hydrogen-bond donors (Lipinski definition) is 2. The zero-order chi connectivity index (χ0) is 11.4. The van der Waals surface area contributed by atoms with Gasteiger partial charge in [-0.15, -0.1) is 0 Å². The monoisotopic (exact) mass is 230 g/mol. The van der Waals surface area contributed by atoms with Crippen molar-refractivity contribution in [2.24, 2.45) is 0 Å². The number of anilines is 1. The van der Waals surface area contributed by atoms with Gasteiger partial charge in [0.05, 0.1) is 22.2 Å². The molecule has 0 spiro atoms. The maximum atomic E-state index is 10.6. The molecule has 0 aromatic heterocycles. The molecule has 82 valence electrons. The second-order valence-corrected chi connectivity index (χ2v) is 3.43. The van der Waals surface area contributed by atoms with Crippen molar-refractivity contribution in [3.63, 3.8) is 0 Å². The summed E-state index contributed by atoms with van der Waals surface area (Å²) in [5, 5.41) is 22.3. The summed E-state index contributed by atoms with van der Waals surface area (Å²) >= 11 is 5.83.